The molecule has 3 rings (SSSR count). The molecule has 1 aromatic heterocycles. The smallest absolute Gasteiger partial charge is 0.308 e. The van der Waals surface area contributed by atoms with Crippen molar-refractivity contribution in [2.45, 2.75) is 25.8 Å². The van der Waals surface area contributed by atoms with E-state index in [4.69, 9.17) is 0 Å². The number of halogens is 1. The van der Waals surface area contributed by atoms with E-state index in [9.17, 15) is 19.1 Å². The van der Waals surface area contributed by atoms with Gasteiger partial charge in [0.05, 0.1) is 17.8 Å². The first-order valence-electron chi connectivity index (χ1n) is 7.69. The van der Waals surface area contributed by atoms with Crippen LogP contribution in [-0.2, 0) is 4.79 Å². The standard InChI is InChI=1S/C16H17FN4O3/c1-10-13(16(23)24)3-2-8-20(10)15(22)14-9-18-21(19-14)12-6-4-11(17)5-7-12/h4-7,9-10,13H,2-3,8H2,1H3,(H,23,24)/t10-,13-/m1/s1. The van der Waals surface area contributed by atoms with Crippen molar-refractivity contribution in [3.8, 4) is 5.69 Å². The first-order chi connectivity index (χ1) is 11.5. The summed E-state index contributed by atoms with van der Waals surface area (Å²) in [4.78, 5) is 26.7. The molecular formula is C16H17FN4O3. The van der Waals surface area contributed by atoms with Gasteiger partial charge in [-0.25, -0.2) is 4.39 Å². The van der Waals surface area contributed by atoms with Gasteiger partial charge in [-0.1, -0.05) is 0 Å². The predicted octanol–water partition coefficient (Wildman–Crippen LogP) is 1.73. The maximum absolute atomic E-state index is 13.0. The molecule has 0 spiro atoms. The summed E-state index contributed by atoms with van der Waals surface area (Å²) in [5, 5.41) is 17.4. The predicted molar refractivity (Wildman–Crippen MR) is 82.2 cm³/mol. The van der Waals surface area contributed by atoms with Crippen molar-refractivity contribution in [1.82, 2.24) is 19.9 Å². The number of aliphatic carboxylic acids is 1. The molecular weight excluding hydrogens is 315 g/mol. The molecule has 2 aromatic rings. The van der Waals surface area contributed by atoms with Crippen LogP contribution >= 0.6 is 0 Å². The monoisotopic (exact) mass is 332 g/mol. The SMILES string of the molecule is C[C@@H]1[C@H](C(=O)O)CCCN1C(=O)c1cnn(-c2ccc(F)cc2)n1. The fraction of sp³-hybridized carbons (Fsp3) is 0.375. The quantitative estimate of drug-likeness (QED) is 0.925. The van der Waals surface area contributed by atoms with Crippen LogP contribution in [0.15, 0.2) is 30.5 Å². The highest BCUT2D eigenvalue weighted by atomic mass is 19.1. The summed E-state index contributed by atoms with van der Waals surface area (Å²) < 4.78 is 13.0. The van der Waals surface area contributed by atoms with Gasteiger partial charge in [0.1, 0.15) is 5.82 Å². The van der Waals surface area contributed by atoms with Gasteiger partial charge in [0.15, 0.2) is 5.69 Å². The number of likely N-dealkylation sites (tertiary alicyclic amines) is 1. The molecule has 1 amide bonds. The molecule has 126 valence electrons. The van der Waals surface area contributed by atoms with Gasteiger partial charge in [-0.05, 0) is 44.0 Å². The molecule has 1 aliphatic heterocycles. The molecule has 8 heteroatoms. The lowest BCUT2D eigenvalue weighted by Crippen LogP contribution is -2.49. The van der Waals surface area contributed by atoms with Gasteiger partial charge in [0.2, 0.25) is 0 Å². The minimum absolute atomic E-state index is 0.136. The Labute approximate surface area is 137 Å². The van der Waals surface area contributed by atoms with Gasteiger partial charge in [-0.2, -0.15) is 9.90 Å². The Bertz CT molecular complexity index is 759. The van der Waals surface area contributed by atoms with Gasteiger partial charge in [-0.3, -0.25) is 9.59 Å². The molecule has 1 fully saturated rings. The number of piperidine rings is 1. The molecule has 0 bridgehead atoms. The number of benzene rings is 1. The molecule has 1 aliphatic rings. The lowest BCUT2D eigenvalue weighted by atomic mass is 9.90. The summed E-state index contributed by atoms with van der Waals surface area (Å²) in [6, 6.07) is 5.18. The van der Waals surface area contributed by atoms with E-state index in [1.807, 2.05) is 0 Å². The van der Waals surface area contributed by atoms with Crippen molar-refractivity contribution in [3.63, 3.8) is 0 Å². The fourth-order valence-corrected chi connectivity index (χ4v) is 2.97. The van der Waals surface area contributed by atoms with Crippen molar-refractivity contribution < 1.29 is 19.1 Å². The zero-order valence-corrected chi connectivity index (χ0v) is 13.1. The number of rotatable bonds is 3. The summed E-state index contributed by atoms with van der Waals surface area (Å²) in [7, 11) is 0. The van der Waals surface area contributed by atoms with Crippen LogP contribution in [0.5, 0.6) is 0 Å². The van der Waals surface area contributed by atoms with Crippen molar-refractivity contribution in [1.29, 1.82) is 0 Å². The second kappa shape index (κ2) is 6.38. The van der Waals surface area contributed by atoms with Crippen LogP contribution in [0.4, 0.5) is 4.39 Å². The third-order valence-electron chi connectivity index (χ3n) is 4.33. The minimum atomic E-state index is -0.894. The second-order valence-electron chi connectivity index (χ2n) is 5.82. The lowest BCUT2D eigenvalue weighted by Gasteiger charge is -2.36. The van der Waals surface area contributed by atoms with Crippen molar-refractivity contribution >= 4 is 11.9 Å². The number of nitrogens with zero attached hydrogens (tertiary/aromatic N) is 4. The number of hydrogen-bond donors (Lipinski definition) is 1. The molecule has 1 aromatic carbocycles. The van der Waals surface area contributed by atoms with Gasteiger partial charge < -0.3 is 10.0 Å². The van der Waals surface area contributed by atoms with E-state index >= 15 is 0 Å². The number of carboxylic acid groups (broad SMARTS) is 1. The first-order valence-corrected chi connectivity index (χ1v) is 7.69. The highest BCUT2D eigenvalue weighted by Crippen LogP contribution is 2.25. The number of carboxylic acids is 1. The summed E-state index contributed by atoms with van der Waals surface area (Å²) >= 11 is 0. The van der Waals surface area contributed by atoms with Crippen LogP contribution in [0.2, 0.25) is 0 Å². The molecule has 24 heavy (non-hydrogen) atoms. The highest BCUT2D eigenvalue weighted by molar-refractivity contribution is 5.92. The number of carbonyl (C=O) groups is 2. The molecule has 7 nitrogen and oxygen atoms in total. The van der Waals surface area contributed by atoms with Gasteiger partial charge in [0.25, 0.3) is 5.91 Å². The zero-order chi connectivity index (χ0) is 17.3. The Kier molecular flexibility index (Phi) is 4.28. The molecule has 0 saturated carbocycles. The van der Waals surface area contributed by atoms with Crippen LogP contribution < -0.4 is 0 Å². The van der Waals surface area contributed by atoms with E-state index in [1.165, 1.54) is 40.2 Å². The summed E-state index contributed by atoms with van der Waals surface area (Å²) in [5.41, 5.74) is 0.669. The summed E-state index contributed by atoms with van der Waals surface area (Å²) in [5.74, 6) is -2.18. The lowest BCUT2D eigenvalue weighted by molar-refractivity contribution is -0.144. The maximum atomic E-state index is 13.0. The van der Waals surface area contributed by atoms with E-state index in [-0.39, 0.29) is 17.4 Å². The molecule has 1 N–H and O–H groups in total. The third kappa shape index (κ3) is 2.99. The number of hydrogen-bond acceptors (Lipinski definition) is 4. The Morgan fingerprint density at radius 1 is 1.29 bits per heavy atom. The molecule has 0 radical (unpaired) electrons. The van der Waals surface area contributed by atoms with Crippen LogP contribution in [0, 0.1) is 11.7 Å². The topological polar surface area (TPSA) is 88.3 Å². The fourth-order valence-electron chi connectivity index (χ4n) is 2.97. The van der Waals surface area contributed by atoms with Crippen LogP contribution in [0.1, 0.15) is 30.3 Å². The van der Waals surface area contributed by atoms with Crippen LogP contribution in [0.3, 0.4) is 0 Å². The molecule has 2 atom stereocenters. The third-order valence-corrected chi connectivity index (χ3v) is 4.33. The van der Waals surface area contributed by atoms with Crippen molar-refractivity contribution in [2.75, 3.05) is 6.54 Å². The van der Waals surface area contributed by atoms with Crippen molar-refractivity contribution in [2.24, 2.45) is 5.92 Å². The first kappa shape index (κ1) is 16.1. The zero-order valence-electron chi connectivity index (χ0n) is 13.1. The van der Waals surface area contributed by atoms with Crippen LogP contribution in [-0.4, -0.2) is 49.5 Å². The minimum Gasteiger partial charge on any atom is -0.481 e. The van der Waals surface area contributed by atoms with Crippen LogP contribution in [0.25, 0.3) is 5.69 Å². The van der Waals surface area contributed by atoms with Gasteiger partial charge >= 0.3 is 5.97 Å². The van der Waals surface area contributed by atoms with E-state index in [0.717, 1.165) is 0 Å². The molecule has 0 unspecified atom stereocenters. The Balaban J connectivity index is 1.80. The molecule has 2 heterocycles. The average Bonchev–Trinajstić information content (AvgIpc) is 3.05. The normalized spacial score (nSPS) is 20.8. The Morgan fingerprint density at radius 3 is 2.67 bits per heavy atom. The number of aromatic nitrogens is 3. The van der Waals surface area contributed by atoms with E-state index < -0.39 is 17.9 Å². The highest BCUT2D eigenvalue weighted by Gasteiger charge is 2.36. The summed E-state index contributed by atoms with van der Waals surface area (Å²) in [6.45, 7) is 2.23. The maximum Gasteiger partial charge on any atom is 0.308 e. The van der Waals surface area contributed by atoms with Crippen molar-refractivity contribution in [3.05, 3.63) is 42.0 Å². The van der Waals surface area contributed by atoms with E-state index in [0.29, 0.717) is 25.1 Å². The van der Waals surface area contributed by atoms with E-state index in [2.05, 4.69) is 10.2 Å². The Hall–Kier alpha value is -2.77. The van der Waals surface area contributed by atoms with Gasteiger partial charge in [-0.15, -0.1) is 5.10 Å². The largest absolute Gasteiger partial charge is 0.481 e. The van der Waals surface area contributed by atoms with Gasteiger partial charge in [0, 0.05) is 12.6 Å². The second-order valence-corrected chi connectivity index (χ2v) is 5.82. The van der Waals surface area contributed by atoms with E-state index in [1.54, 1.807) is 6.92 Å². The number of carbonyl (C=O) groups excluding carboxylic acids is 1. The average molecular weight is 332 g/mol. The summed E-state index contributed by atoms with van der Waals surface area (Å²) in [6.07, 6.45) is 2.53. The number of amides is 1. The molecule has 0 aliphatic carbocycles. The molecule has 1 saturated heterocycles. The Morgan fingerprint density at radius 2 is 2.00 bits per heavy atom.